The van der Waals surface area contributed by atoms with E-state index in [9.17, 15) is 9.59 Å². The van der Waals surface area contributed by atoms with Crippen LogP contribution in [0.15, 0.2) is 54.6 Å². The SMILES string of the molecule is CCCCC(=O)N1CCC(Oc2ccc(C(=O)N3CCC4(C=CCCC4)Cc4ccccc43)cc2F)CC1. The van der Waals surface area contributed by atoms with Crippen molar-refractivity contribution in [1.29, 1.82) is 0 Å². The third-order valence-electron chi connectivity index (χ3n) is 8.43. The molecule has 38 heavy (non-hydrogen) atoms. The molecule has 202 valence electrons. The normalized spacial score (nSPS) is 21.7. The van der Waals surface area contributed by atoms with Gasteiger partial charge in [0, 0.05) is 50.1 Å². The number of piperidine rings is 1. The minimum atomic E-state index is -0.521. The van der Waals surface area contributed by atoms with E-state index in [0.717, 1.165) is 44.2 Å². The first-order chi connectivity index (χ1) is 18.5. The first kappa shape index (κ1) is 26.5. The Kier molecular flexibility index (Phi) is 8.15. The Bertz CT molecular complexity index is 1190. The van der Waals surface area contributed by atoms with Gasteiger partial charge >= 0.3 is 0 Å². The highest BCUT2D eigenvalue weighted by Crippen LogP contribution is 2.43. The van der Waals surface area contributed by atoms with Crippen LogP contribution in [0.25, 0.3) is 0 Å². The molecular formula is C32H39FN2O3. The maximum Gasteiger partial charge on any atom is 0.258 e. The van der Waals surface area contributed by atoms with Crippen molar-refractivity contribution in [3.8, 4) is 5.75 Å². The Hall–Kier alpha value is -3.15. The van der Waals surface area contributed by atoms with Gasteiger partial charge in [0.2, 0.25) is 5.91 Å². The van der Waals surface area contributed by atoms with E-state index in [2.05, 4.69) is 25.1 Å². The first-order valence-corrected chi connectivity index (χ1v) is 14.3. The lowest BCUT2D eigenvalue weighted by atomic mass is 9.72. The molecule has 2 aliphatic heterocycles. The Morgan fingerprint density at radius 3 is 2.63 bits per heavy atom. The number of amides is 2. The Labute approximate surface area is 225 Å². The van der Waals surface area contributed by atoms with Crippen molar-refractivity contribution in [3.63, 3.8) is 0 Å². The Balaban J connectivity index is 1.26. The van der Waals surface area contributed by atoms with Crippen molar-refractivity contribution >= 4 is 17.5 Å². The summed E-state index contributed by atoms with van der Waals surface area (Å²) in [5, 5.41) is 0. The molecule has 3 aliphatic rings. The minimum absolute atomic E-state index is 0.0858. The highest BCUT2D eigenvalue weighted by Gasteiger charge is 2.35. The number of unbranched alkanes of at least 4 members (excludes halogenated alkanes) is 1. The Morgan fingerprint density at radius 1 is 1.08 bits per heavy atom. The number of carbonyl (C=O) groups excluding carboxylic acids is 2. The van der Waals surface area contributed by atoms with Gasteiger partial charge in [-0.1, -0.05) is 43.7 Å². The quantitative estimate of drug-likeness (QED) is 0.400. The summed E-state index contributed by atoms with van der Waals surface area (Å²) < 4.78 is 21.2. The number of rotatable bonds is 6. The summed E-state index contributed by atoms with van der Waals surface area (Å²) in [7, 11) is 0. The number of carbonyl (C=O) groups is 2. The number of ether oxygens (including phenoxy) is 1. The fourth-order valence-electron chi connectivity index (χ4n) is 6.18. The van der Waals surface area contributed by atoms with Gasteiger partial charge in [-0.2, -0.15) is 0 Å². The van der Waals surface area contributed by atoms with Crippen LogP contribution in [0, 0.1) is 11.2 Å². The van der Waals surface area contributed by atoms with Crippen molar-refractivity contribution in [2.24, 2.45) is 5.41 Å². The first-order valence-electron chi connectivity index (χ1n) is 14.3. The van der Waals surface area contributed by atoms with Crippen molar-refractivity contribution in [1.82, 2.24) is 4.90 Å². The van der Waals surface area contributed by atoms with Crippen LogP contribution >= 0.6 is 0 Å². The number of anilines is 1. The predicted molar refractivity (Wildman–Crippen MR) is 148 cm³/mol. The monoisotopic (exact) mass is 518 g/mol. The summed E-state index contributed by atoms with van der Waals surface area (Å²) in [5.74, 6) is -0.342. The lowest BCUT2D eigenvalue weighted by Gasteiger charge is -2.32. The van der Waals surface area contributed by atoms with E-state index in [1.54, 1.807) is 12.1 Å². The van der Waals surface area contributed by atoms with E-state index >= 15 is 4.39 Å². The third-order valence-corrected chi connectivity index (χ3v) is 8.43. The molecule has 2 aromatic carbocycles. The van der Waals surface area contributed by atoms with Gasteiger partial charge in [0.25, 0.3) is 5.91 Å². The van der Waals surface area contributed by atoms with E-state index in [1.807, 2.05) is 28.0 Å². The largest absolute Gasteiger partial charge is 0.487 e. The topological polar surface area (TPSA) is 49.9 Å². The average Bonchev–Trinajstić information content (AvgIpc) is 3.09. The van der Waals surface area contributed by atoms with E-state index in [0.29, 0.717) is 44.5 Å². The second-order valence-electron chi connectivity index (χ2n) is 11.1. The second-order valence-corrected chi connectivity index (χ2v) is 11.1. The van der Waals surface area contributed by atoms with Crippen molar-refractivity contribution < 1.29 is 18.7 Å². The van der Waals surface area contributed by atoms with Crippen molar-refractivity contribution in [2.45, 2.75) is 77.2 Å². The molecule has 6 heteroatoms. The van der Waals surface area contributed by atoms with Gasteiger partial charge in [0.1, 0.15) is 6.10 Å². The lowest BCUT2D eigenvalue weighted by Crippen LogP contribution is -2.41. The zero-order chi connectivity index (χ0) is 26.5. The third kappa shape index (κ3) is 5.79. The molecule has 2 heterocycles. The van der Waals surface area contributed by atoms with Crippen LogP contribution in [0.2, 0.25) is 0 Å². The summed E-state index contributed by atoms with van der Waals surface area (Å²) >= 11 is 0. The predicted octanol–water partition coefficient (Wildman–Crippen LogP) is 6.71. The molecule has 1 aliphatic carbocycles. The lowest BCUT2D eigenvalue weighted by molar-refractivity contribution is -0.133. The van der Waals surface area contributed by atoms with Crippen LogP contribution in [0.3, 0.4) is 0 Å². The fourth-order valence-corrected chi connectivity index (χ4v) is 6.18. The second kappa shape index (κ2) is 11.7. The molecule has 0 bridgehead atoms. The van der Waals surface area contributed by atoms with Crippen LogP contribution in [-0.4, -0.2) is 42.5 Å². The minimum Gasteiger partial charge on any atom is -0.487 e. The summed E-state index contributed by atoms with van der Waals surface area (Å²) in [4.78, 5) is 29.7. The molecular weight excluding hydrogens is 479 g/mol. The van der Waals surface area contributed by atoms with Gasteiger partial charge in [0.05, 0.1) is 0 Å². The number of hydrogen-bond acceptors (Lipinski definition) is 3. The van der Waals surface area contributed by atoms with E-state index < -0.39 is 5.82 Å². The van der Waals surface area contributed by atoms with Gasteiger partial charge < -0.3 is 14.5 Å². The molecule has 1 unspecified atom stereocenters. The Morgan fingerprint density at radius 2 is 1.89 bits per heavy atom. The molecule has 5 rings (SSSR count). The molecule has 2 amide bonds. The molecule has 1 saturated heterocycles. The number of nitrogens with zero attached hydrogens (tertiary/aromatic N) is 2. The smallest absolute Gasteiger partial charge is 0.258 e. The van der Waals surface area contributed by atoms with Crippen molar-refractivity contribution in [3.05, 3.63) is 71.6 Å². The van der Waals surface area contributed by atoms with Crippen LogP contribution in [-0.2, 0) is 11.2 Å². The zero-order valence-electron chi connectivity index (χ0n) is 22.5. The number of likely N-dealkylation sites (tertiary alicyclic amines) is 1. The maximum atomic E-state index is 15.2. The molecule has 1 fully saturated rings. The number of halogens is 1. The van der Waals surface area contributed by atoms with Crippen LogP contribution in [0.4, 0.5) is 10.1 Å². The highest BCUT2D eigenvalue weighted by molar-refractivity contribution is 6.06. The summed E-state index contributed by atoms with van der Waals surface area (Å²) in [6.45, 7) is 3.96. The molecule has 1 spiro atoms. The number of fused-ring (bicyclic) bond motifs is 1. The molecule has 1 atom stereocenters. The van der Waals surface area contributed by atoms with Crippen LogP contribution in [0.1, 0.15) is 80.6 Å². The summed E-state index contributed by atoms with van der Waals surface area (Å²) in [6, 6.07) is 12.7. The van der Waals surface area contributed by atoms with Crippen LogP contribution < -0.4 is 9.64 Å². The zero-order valence-corrected chi connectivity index (χ0v) is 22.5. The van der Waals surface area contributed by atoms with Gasteiger partial charge in [-0.05, 0) is 73.8 Å². The molecule has 5 nitrogen and oxygen atoms in total. The van der Waals surface area contributed by atoms with Gasteiger partial charge in [-0.3, -0.25) is 9.59 Å². The maximum absolute atomic E-state index is 15.2. The molecule has 2 aromatic rings. The van der Waals surface area contributed by atoms with Gasteiger partial charge in [-0.25, -0.2) is 4.39 Å². The summed E-state index contributed by atoms with van der Waals surface area (Å²) in [5.41, 5.74) is 2.51. The van der Waals surface area contributed by atoms with Gasteiger partial charge in [-0.15, -0.1) is 0 Å². The standard InChI is InChI=1S/C32H39FN2O3/c1-2-3-11-30(36)34-19-14-26(15-20-34)38-29-13-12-24(22-27(29)33)31(37)35-21-18-32(16-7-4-8-17-32)23-25-9-5-6-10-28(25)35/h5-7,9-10,12-13,16,22,26H,2-4,8,11,14-15,17-21,23H2,1H3. The van der Waals surface area contributed by atoms with Crippen molar-refractivity contribution in [2.75, 3.05) is 24.5 Å². The van der Waals surface area contributed by atoms with Crippen LogP contribution in [0.5, 0.6) is 5.75 Å². The molecule has 0 N–H and O–H groups in total. The van der Waals surface area contributed by atoms with E-state index in [4.69, 9.17) is 4.74 Å². The number of para-hydroxylation sites is 1. The van der Waals surface area contributed by atoms with E-state index in [1.165, 1.54) is 18.1 Å². The van der Waals surface area contributed by atoms with E-state index in [-0.39, 0.29) is 29.1 Å². The number of hydrogen-bond donors (Lipinski definition) is 0. The number of allylic oxidation sites excluding steroid dienone is 2. The fraction of sp³-hybridized carbons (Fsp3) is 0.500. The summed E-state index contributed by atoms with van der Waals surface area (Å²) in [6.07, 6.45) is 13.6. The molecule has 0 saturated carbocycles. The molecule has 0 aromatic heterocycles. The highest BCUT2D eigenvalue weighted by atomic mass is 19.1. The molecule has 0 radical (unpaired) electrons. The average molecular weight is 519 g/mol. The van der Waals surface area contributed by atoms with Gasteiger partial charge in [0.15, 0.2) is 11.6 Å². The number of benzene rings is 2.